The van der Waals surface area contributed by atoms with E-state index in [0.29, 0.717) is 12.8 Å². The summed E-state index contributed by atoms with van der Waals surface area (Å²) in [5.74, 6) is -1.07. The monoisotopic (exact) mass is 284 g/mol. The number of carbonyl (C=O) groups is 2. The number of amides is 2. The summed E-state index contributed by atoms with van der Waals surface area (Å²) in [5.41, 5.74) is 0. The molecule has 0 radical (unpaired) electrons. The third kappa shape index (κ3) is 2.14. The van der Waals surface area contributed by atoms with Crippen molar-refractivity contribution in [2.75, 3.05) is 6.54 Å². The second-order valence-corrected chi connectivity index (χ2v) is 6.10. The minimum atomic E-state index is -1.07. The van der Waals surface area contributed by atoms with Crippen LogP contribution in [0.25, 0.3) is 0 Å². The molecule has 112 valence electrons. The fourth-order valence-corrected chi connectivity index (χ4v) is 3.87. The molecule has 2 bridgehead atoms. The molecular weight excluding hydrogens is 264 g/mol. The Morgan fingerprint density at radius 1 is 0.950 bits per heavy atom. The molecule has 0 aromatic carbocycles. The predicted molar refractivity (Wildman–Crippen MR) is 68.0 cm³/mol. The Hall–Kier alpha value is -1.34. The highest BCUT2D eigenvalue weighted by molar-refractivity contribution is 5.84. The van der Waals surface area contributed by atoms with Crippen molar-refractivity contribution in [3.63, 3.8) is 0 Å². The van der Waals surface area contributed by atoms with Gasteiger partial charge in [-0.15, -0.1) is 0 Å². The quantitative estimate of drug-likeness (QED) is 0.609. The molecule has 2 amide bonds. The molecule has 3 N–H and O–H groups in total. The van der Waals surface area contributed by atoms with E-state index in [9.17, 15) is 24.9 Å². The summed E-state index contributed by atoms with van der Waals surface area (Å²) < 4.78 is 0. The van der Waals surface area contributed by atoms with Gasteiger partial charge in [-0.2, -0.15) is 0 Å². The van der Waals surface area contributed by atoms with E-state index in [2.05, 4.69) is 0 Å². The van der Waals surface area contributed by atoms with Crippen LogP contribution in [-0.2, 0) is 4.79 Å². The molecule has 3 fully saturated rings. The lowest BCUT2D eigenvalue weighted by atomic mass is 10.0. The number of hydrogen-bond donors (Lipinski definition) is 3. The molecule has 0 aliphatic carbocycles. The normalized spacial score (nSPS) is 40.2. The van der Waals surface area contributed by atoms with Crippen molar-refractivity contribution in [2.45, 2.75) is 62.4 Å². The van der Waals surface area contributed by atoms with E-state index in [4.69, 9.17) is 0 Å². The second-order valence-electron chi connectivity index (χ2n) is 6.10. The molecule has 20 heavy (non-hydrogen) atoms. The topological polar surface area (TPSA) is 101 Å². The van der Waals surface area contributed by atoms with E-state index >= 15 is 0 Å². The maximum absolute atomic E-state index is 12.6. The summed E-state index contributed by atoms with van der Waals surface area (Å²) in [7, 11) is 0. The number of aliphatic hydroxyl groups excluding tert-OH is 2. The van der Waals surface area contributed by atoms with E-state index in [1.165, 1.54) is 4.90 Å². The van der Waals surface area contributed by atoms with E-state index in [1.807, 2.05) is 0 Å². The van der Waals surface area contributed by atoms with Crippen molar-refractivity contribution in [3.8, 4) is 0 Å². The number of rotatable bonds is 1. The van der Waals surface area contributed by atoms with Crippen LogP contribution >= 0.6 is 0 Å². The van der Waals surface area contributed by atoms with Gasteiger partial charge in [-0.1, -0.05) is 0 Å². The molecule has 3 unspecified atom stereocenters. The van der Waals surface area contributed by atoms with E-state index in [0.717, 1.165) is 12.8 Å². The van der Waals surface area contributed by atoms with Crippen LogP contribution in [0, 0.1) is 0 Å². The lowest BCUT2D eigenvalue weighted by Gasteiger charge is -2.40. The van der Waals surface area contributed by atoms with Crippen molar-refractivity contribution < 1.29 is 24.9 Å². The molecule has 3 heterocycles. The highest BCUT2D eigenvalue weighted by Crippen LogP contribution is 2.37. The molecular formula is C13H20N2O5. The Balaban J connectivity index is 1.77. The average Bonchev–Trinajstić information content (AvgIpc) is 2.88. The van der Waals surface area contributed by atoms with Gasteiger partial charge in [0.15, 0.2) is 0 Å². The molecule has 3 aliphatic heterocycles. The molecule has 4 atom stereocenters. The standard InChI is InChI=1S/C13H20N2O5/c16-9-3-7-1-2-8(4-9)15(7)13(20)14-6-10(17)5-11(14)12(18)19/h7-11,16-17H,1-6H2,(H,18,19)/t7?,8?,9?,10?,11-/m0/s1. The van der Waals surface area contributed by atoms with Crippen LogP contribution in [0.2, 0.25) is 0 Å². The van der Waals surface area contributed by atoms with Gasteiger partial charge in [0, 0.05) is 25.0 Å². The molecule has 3 rings (SSSR count). The van der Waals surface area contributed by atoms with Crippen LogP contribution in [0.3, 0.4) is 0 Å². The van der Waals surface area contributed by atoms with Crippen molar-refractivity contribution >= 4 is 12.0 Å². The van der Waals surface area contributed by atoms with E-state index in [1.54, 1.807) is 4.90 Å². The lowest BCUT2D eigenvalue weighted by molar-refractivity contribution is -0.141. The van der Waals surface area contributed by atoms with Crippen molar-refractivity contribution in [1.29, 1.82) is 0 Å². The maximum atomic E-state index is 12.6. The van der Waals surface area contributed by atoms with Gasteiger partial charge in [0.1, 0.15) is 6.04 Å². The first-order valence-electron chi connectivity index (χ1n) is 7.15. The first-order valence-corrected chi connectivity index (χ1v) is 7.15. The second kappa shape index (κ2) is 4.89. The SMILES string of the molecule is O=C(O)[C@@H]1CC(O)CN1C(=O)N1C2CCC1CC(O)C2. The van der Waals surface area contributed by atoms with Crippen LogP contribution in [0.1, 0.15) is 32.1 Å². The summed E-state index contributed by atoms with van der Waals surface area (Å²) in [6, 6.07) is -1.23. The first-order chi connectivity index (χ1) is 9.47. The number of carboxylic acid groups (broad SMARTS) is 1. The van der Waals surface area contributed by atoms with Crippen molar-refractivity contribution in [3.05, 3.63) is 0 Å². The predicted octanol–water partition coefficient (Wildman–Crippen LogP) is -0.386. The number of aliphatic carboxylic acids is 1. The number of nitrogens with zero attached hydrogens (tertiary/aromatic N) is 2. The molecule has 7 nitrogen and oxygen atoms in total. The third-order valence-electron chi connectivity index (χ3n) is 4.74. The molecule has 7 heteroatoms. The zero-order valence-electron chi connectivity index (χ0n) is 11.2. The molecule has 0 saturated carbocycles. The summed E-state index contributed by atoms with van der Waals surface area (Å²) >= 11 is 0. The zero-order valence-corrected chi connectivity index (χ0v) is 11.2. The van der Waals surface area contributed by atoms with Gasteiger partial charge in [0.05, 0.1) is 12.2 Å². The Morgan fingerprint density at radius 2 is 1.55 bits per heavy atom. The number of fused-ring (bicyclic) bond motifs is 2. The van der Waals surface area contributed by atoms with Gasteiger partial charge >= 0.3 is 12.0 Å². The molecule has 3 saturated heterocycles. The van der Waals surface area contributed by atoms with E-state index in [-0.39, 0.29) is 37.2 Å². The highest BCUT2D eigenvalue weighted by atomic mass is 16.4. The number of urea groups is 1. The van der Waals surface area contributed by atoms with Crippen LogP contribution in [0.15, 0.2) is 0 Å². The van der Waals surface area contributed by atoms with E-state index < -0.39 is 18.1 Å². The number of piperidine rings is 1. The van der Waals surface area contributed by atoms with Crippen molar-refractivity contribution in [2.24, 2.45) is 0 Å². The van der Waals surface area contributed by atoms with Crippen LogP contribution in [0.4, 0.5) is 4.79 Å². The third-order valence-corrected chi connectivity index (χ3v) is 4.74. The number of likely N-dealkylation sites (tertiary alicyclic amines) is 1. The average molecular weight is 284 g/mol. The van der Waals surface area contributed by atoms with Crippen LogP contribution in [-0.4, -0.2) is 74.0 Å². The van der Waals surface area contributed by atoms with Crippen molar-refractivity contribution in [1.82, 2.24) is 9.80 Å². The molecule has 0 aromatic heterocycles. The van der Waals surface area contributed by atoms with Gasteiger partial charge < -0.3 is 25.1 Å². The zero-order chi connectivity index (χ0) is 14.4. The number of carboxylic acids is 1. The number of aliphatic hydroxyl groups is 2. The summed E-state index contributed by atoms with van der Waals surface area (Å²) in [4.78, 5) is 26.8. The minimum absolute atomic E-state index is 0.00318. The smallest absolute Gasteiger partial charge is 0.326 e. The molecule has 0 aromatic rings. The fraction of sp³-hybridized carbons (Fsp3) is 0.846. The Labute approximate surface area is 116 Å². The van der Waals surface area contributed by atoms with Crippen LogP contribution in [0.5, 0.6) is 0 Å². The number of carbonyl (C=O) groups excluding carboxylic acids is 1. The lowest BCUT2D eigenvalue weighted by Crippen LogP contribution is -2.55. The van der Waals surface area contributed by atoms with Gasteiger partial charge in [0.2, 0.25) is 0 Å². The van der Waals surface area contributed by atoms with Gasteiger partial charge in [-0.05, 0) is 25.7 Å². The Bertz CT molecular complexity index is 415. The highest BCUT2D eigenvalue weighted by Gasteiger charge is 2.48. The fourth-order valence-electron chi connectivity index (χ4n) is 3.87. The van der Waals surface area contributed by atoms with Gasteiger partial charge in [-0.25, -0.2) is 9.59 Å². The maximum Gasteiger partial charge on any atom is 0.326 e. The van der Waals surface area contributed by atoms with Gasteiger partial charge in [-0.3, -0.25) is 0 Å². The largest absolute Gasteiger partial charge is 0.480 e. The molecule has 3 aliphatic rings. The van der Waals surface area contributed by atoms with Gasteiger partial charge in [0.25, 0.3) is 0 Å². The number of hydrogen-bond acceptors (Lipinski definition) is 4. The first kappa shape index (κ1) is 13.6. The number of β-amino-alcohol motifs (C(OH)–C–C–N with tert-alkyl or cyclic N) is 1. The summed E-state index contributed by atoms with van der Waals surface area (Å²) in [6.45, 7) is 0.0777. The Kier molecular flexibility index (Phi) is 3.33. The Morgan fingerprint density at radius 3 is 2.10 bits per heavy atom. The minimum Gasteiger partial charge on any atom is -0.480 e. The van der Waals surface area contributed by atoms with Crippen LogP contribution < -0.4 is 0 Å². The molecule has 0 spiro atoms. The summed E-state index contributed by atoms with van der Waals surface area (Å²) in [6.07, 6.45) is 1.81. The summed E-state index contributed by atoms with van der Waals surface area (Å²) in [5, 5.41) is 28.6.